The fourth-order valence-corrected chi connectivity index (χ4v) is 1.87. The Morgan fingerprint density at radius 3 is 2.35 bits per heavy atom. The zero-order valence-electron chi connectivity index (χ0n) is 14.3. The molecule has 0 aliphatic rings. The maximum atomic E-state index is 12.5. The van der Waals surface area contributed by atoms with E-state index in [9.17, 15) is 14.7 Å². The Balaban J connectivity index is 3.00. The summed E-state index contributed by atoms with van der Waals surface area (Å²) < 4.78 is 5.20. The number of phenols is 1. The highest BCUT2D eigenvalue weighted by molar-refractivity contribution is 5.87. The van der Waals surface area contributed by atoms with Crippen LogP contribution in [0.25, 0.3) is 0 Å². The van der Waals surface area contributed by atoms with E-state index in [-0.39, 0.29) is 11.8 Å². The summed E-state index contributed by atoms with van der Waals surface area (Å²) in [7, 11) is 0. The number of benzene rings is 1. The molecule has 2 amide bonds. The van der Waals surface area contributed by atoms with Gasteiger partial charge in [0, 0.05) is 11.6 Å². The molecular weight excluding hydrogens is 296 g/mol. The molecule has 0 aromatic heterocycles. The molecule has 0 unspecified atom stereocenters. The first-order valence-electron chi connectivity index (χ1n) is 7.71. The Kier molecular flexibility index (Phi) is 6.42. The molecule has 6 nitrogen and oxygen atoms in total. The maximum absolute atomic E-state index is 12.5. The van der Waals surface area contributed by atoms with Gasteiger partial charge in [0.1, 0.15) is 17.4 Å². The molecule has 6 heteroatoms. The van der Waals surface area contributed by atoms with Crippen LogP contribution in [-0.4, -0.2) is 28.7 Å². The van der Waals surface area contributed by atoms with Gasteiger partial charge in [0.2, 0.25) is 5.91 Å². The van der Waals surface area contributed by atoms with Crippen LogP contribution < -0.4 is 10.6 Å². The molecule has 0 heterocycles. The van der Waals surface area contributed by atoms with Crippen molar-refractivity contribution < 1.29 is 19.4 Å². The molecule has 0 aliphatic heterocycles. The molecule has 23 heavy (non-hydrogen) atoms. The van der Waals surface area contributed by atoms with E-state index in [1.807, 2.05) is 13.8 Å². The lowest BCUT2D eigenvalue weighted by Gasteiger charge is -2.25. The Morgan fingerprint density at radius 2 is 1.83 bits per heavy atom. The highest BCUT2D eigenvalue weighted by Crippen LogP contribution is 2.24. The first kappa shape index (κ1) is 18.8. The van der Waals surface area contributed by atoms with Crippen LogP contribution in [0.15, 0.2) is 24.3 Å². The van der Waals surface area contributed by atoms with Crippen LogP contribution >= 0.6 is 0 Å². The SMILES string of the molecule is CC[C@@H](C)NC(=O)[C@H](NC(=O)OC(C)(C)C)c1ccccc1O. The van der Waals surface area contributed by atoms with E-state index in [1.165, 1.54) is 6.07 Å². The monoisotopic (exact) mass is 322 g/mol. The van der Waals surface area contributed by atoms with Crippen LogP contribution in [0.3, 0.4) is 0 Å². The minimum atomic E-state index is -1.03. The molecule has 1 aromatic carbocycles. The van der Waals surface area contributed by atoms with Crippen molar-refractivity contribution in [3.63, 3.8) is 0 Å². The van der Waals surface area contributed by atoms with Gasteiger partial charge in [0.15, 0.2) is 0 Å². The number of carbonyl (C=O) groups excluding carboxylic acids is 2. The van der Waals surface area contributed by atoms with E-state index >= 15 is 0 Å². The molecule has 2 atom stereocenters. The molecule has 3 N–H and O–H groups in total. The molecule has 128 valence electrons. The van der Waals surface area contributed by atoms with Gasteiger partial charge >= 0.3 is 6.09 Å². The third-order valence-electron chi connectivity index (χ3n) is 3.17. The molecule has 0 bridgehead atoms. The number of hydrogen-bond donors (Lipinski definition) is 3. The predicted octanol–water partition coefficient (Wildman–Crippen LogP) is 2.87. The number of amides is 2. The van der Waals surface area contributed by atoms with Crippen LogP contribution in [0.5, 0.6) is 5.75 Å². The zero-order chi connectivity index (χ0) is 17.6. The lowest BCUT2D eigenvalue weighted by Crippen LogP contribution is -2.44. The van der Waals surface area contributed by atoms with E-state index in [0.717, 1.165) is 6.42 Å². The highest BCUT2D eigenvalue weighted by atomic mass is 16.6. The second-order valence-corrected chi connectivity index (χ2v) is 6.46. The van der Waals surface area contributed by atoms with E-state index in [4.69, 9.17) is 4.74 Å². The van der Waals surface area contributed by atoms with Gasteiger partial charge in [-0.1, -0.05) is 25.1 Å². The Hall–Kier alpha value is -2.24. The summed E-state index contributed by atoms with van der Waals surface area (Å²) in [6.45, 7) is 9.02. The van der Waals surface area contributed by atoms with Crippen molar-refractivity contribution in [2.75, 3.05) is 0 Å². The maximum Gasteiger partial charge on any atom is 0.408 e. The van der Waals surface area contributed by atoms with Crippen molar-refractivity contribution in [1.82, 2.24) is 10.6 Å². The molecular formula is C17H26N2O4. The summed E-state index contributed by atoms with van der Waals surface area (Å²) in [6, 6.07) is 5.32. The van der Waals surface area contributed by atoms with Crippen molar-refractivity contribution in [3.8, 4) is 5.75 Å². The number of para-hydroxylation sites is 1. The quantitative estimate of drug-likeness (QED) is 0.778. The highest BCUT2D eigenvalue weighted by Gasteiger charge is 2.28. The molecule has 1 aromatic rings. The van der Waals surface area contributed by atoms with Crippen LogP contribution in [0, 0.1) is 0 Å². The summed E-state index contributed by atoms with van der Waals surface area (Å²) in [5, 5.41) is 15.3. The van der Waals surface area contributed by atoms with Gasteiger partial charge < -0.3 is 20.5 Å². The van der Waals surface area contributed by atoms with E-state index in [1.54, 1.807) is 39.0 Å². The largest absolute Gasteiger partial charge is 0.508 e. The van der Waals surface area contributed by atoms with Crippen LogP contribution in [0.4, 0.5) is 4.79 Å². The van der Waals surface area contributed by atoms with Gasteiger partial charge in [-0.25, -0.2) is 4.79 Å². The van der Waals surface area contributed by atoms with Gasteiger partial charge in [-0.15, -0.1) is 0 Å². The number of ether oxygens (including phenoxy) is 1. The van der Waals surface area contributed by atoms with Gasteiger partial charge in [0.25, 0.3) is 0 Å². The lowest BCUT2D eigenvalue weighted by atomic mass is 10.0. The predicted molar refractivity (Wildman–Crippen MR) is 88.1 cm³/mol. The second-order valence-electron chi connectivity index (χ2n) is 6.46. The summed E-state index contributed by atoms with van der Waals surface area (Å²) in [4.78, 5) is 24.5. The molecule has 0 radical (unpaired) electrons. The Labute approximate surface area is 137 Å². The minimum Gasteiger partial charge on any atom is -0.508 e. The first-order chi connectivity index (χ1) is 10.6. The third kappa shape index (κ3) is 6.18. The van der Waals surface area contributed by atoms with E-state index < -0.39 is 23.6 Å². The summed E-state index contributed by atoms with van der Waals surface area (Å²) >= 11 is 0. The number of alkyl carbamates (subject to hydrolysis) is 1. The zero-order valence-corrected chi connectivity index (χ0v) is 14.3. The average molecular weight is 322 g/mol. The fourth-order valence-electron chi connectivity index (χ4n) is 1.87. The standard InChI is InChI=1S/C17H26N2O4/c1-6-11(2)18-15(21)14(12-9-7-8-10-13(12)20)19-16(22)23-17(3,4)5/h7-11,14,20H,6H2,1-5H3,(H,18,21)(H,19,22)/t11-,14-/m1/s1. The smallest absolute Gasteiger partial charge is 0.408 e. The van der Waals surface area contributed by atoms with E-state index in [2.05, 4.69) is 10.6 Å². The van der Waals surface area contributed by atoms with E-state index in [0.29, 0.717) is 5.56 Å². The average Bonchev–Trinajstić information content (AvgIpc) is 2.43. The second kappa shape index (κ2) is 7.85. The van der Waals surface area contributed by atoms with Gasteiger partial charge in [-0.05, 0) is 40.2 Å². The number of hydrogen-bond acceptors (Lipinski definition) is 4. The van der Waals surface area contributed by atoms with Crippen molar-refractivity contribution in [3.05, 3.63) is 29.8 Å². The van der Waals surface area contributed by atoms with Crippen molar-refractivity contribution in [1.29, 1.82) is 0 Å². The van der Waals surface area contributed by atoms with Crippen molar-refractivity contribution in [2.24, 2.45) is 0 Å². The first-order valence-corrected chi connectivity index (χ1v) is 7.71. The van der Waals surface area contributed by atoms with Gasteiger partial charge in [-0.2, -0.15) is 0 Å². The topological polar surface area (TPSA) is 87.7 Å². The summed E-state index contributed by atoms with van der Waals surface area (Å²) in [6.07, 6.45) is 0.0381. The van der Waals surface area contributed by atoms with Crippen molar-refractivity contribution in [2.45, 2.75) is 58.7 Å². The lowest BCUT2D eigenvalue weighted by molar-refractivity contribution is -0.124. The minimum absolute atomic E-state index is 0.0451. The summed E-state index contributed by atoms with van der Waals surface area (Å²) in [5.74, 6) is -0.459. The Bertz CT molecular complexity index is 552. The number of aromatic hydroxyl groups is 1. The van der Waals surface area contributed by atoms with Crippen molar-refractivity contribution >= 4 is 12.0 Å². The number of phenolic OH excluding ortho intramolecular Hbond substituents is 1. The van der Waals surface area contributed by atoms with Crippen LogP contribution in [0.1, 0.15) is 52.6 Å². The molecule has 0 fully saturated rings. The fraction of sp³-hybridized carbons (Fsp3) is 0.529. The van der Waals surface area contributed by atoms with Gasteiger partial charge in [0.05, 0.1) is 0 Å². The molecule has 0 saturated heterocycles. The van der Waals surface area contributed by atoms with Crippen LogP contribution in [0.2, 0.25) is 0 Å². The van der Waals surface area contributed by atoms with Crippen LogP contribution in [-0.2, 0) is 9.53 Å². The normalized spacial score (nSPS) is 13.8. The number of nitrogens with one attached hydrogen (secondary N) is 2. The molecule has 0 spiro atoms. The van der Waals surface area contributed by atoms with Gasteiger partial charge in [-0.3, -0.25) is 4.79 Å². The number of rotatable bonds is 5. The number of carbonyl (C=O) groups is 2. The Morgan fingerprint density at radius 1 is 1.22 bits per heavy atom. The molecule has 0 aliphatic carbocycles. The third-order valence-corrected chi connectivity index (χ3v) is 3.17. The summed E-state index contributed by atoms with van der Waals surface area (Å²) in [5.41, 5.74) is -0.361. The molecule has 0 saturated carbocycles. The molecule has 1 rings (SSSR count).